The van der Waals surface area contributed by atoms with Gasteiger partial charge in [-0.15, -0.1) is 0 Å². The van der Waals surface area contributed by atoms with Gasteiger partial charge >= 0.3 is 12.4 Å². The summed E-state index contributed by atoms with van der Waals surface area (Å²) in [6.45, 7) is 4.35. The number of carbonyl (C=O) groups excluding carboxylic acids is 1. The molecule has 0 spiro atoms. The Morgan fingerprint density at radius 3 is 1.83 bits per heavy atom. The van der Waals surface area contributed by atoms with Crippen LogP contribution in [0.4, 0.5) is 26.3 Å². The van der Waals surface area contributed by atoms with Crippen LogP contribution in [-0.4, -0.2) is 31.0 Å². The molecule has 153 valence electrons. The van der Waals surface area contributed by atoms with Gasteiger partial charge in [-0.1, -0.05) is 32.0 Å². The molecule has 2 aromatic rings. The molecular weight excluding hydrogens is 412 g/mol. The number of rotatable bonds is 6. The fourth-order valence-electron chi connectivity index (χ4n) is 2.36. The summed E-state index contributed by atoms with van der Waals surface area (Å²) < 4.78 is 84.6. The molecule has 2 aromatic carbocycles. The Labute approximate surface area is 178 Å². The van der Waals surface area contributed by atoms with E-state index in [1.165, 1.54) is 24.3 Å². The minimum absolute atomic E-state index is 0. The van der Waals surface area contributed by atoms with E-state index in [2.05, 4.69) is 0 Å². The first-order valence-electron chi connectivity index (χ1n) is 8.21. The number of carbonyl (C=O) groups is 1. The van der Waals surface area contributed by atoms with Crippen LogP contribution in [-0.2, 0) is 12.4 Å². The average Bonchev–Trinajstić information content (AvgIpc) is 2.59. The molecule has 2 nitrogen and oxygen atoms in total. The first-order chi connectivity index (χ1) is 12.9. The average molecular weight is 429 g/mol. The van der Waals surface area contributed by atoms with Crippen molar-refractivity contribution in [3.8, 4) is 5.75 Å². The van der Waals surface area contributed by atoms with E-state index < -0.39 is 43.1 Å². The van der Waals surface area contributed by atoms with Crippen LogP contribution in [0.2, 0.25) is 0 Å². The minimum Gasteiger partial charge on any atom is -0.493 e. The Hall–Kier alpha value is -1.48. The van der Waals surface area contributed by atoms with Gasteiger partial charge in [-0.2, -0.15) is 26.3 Å². The second-order valence-electron chi connectivity index (χ2n) is 6.41. The SMILES string of the molecule is CC(C)COc1ccc(PC(=O)c2c(C(F)(F)F)cccc2C(F)(F)F)cc1.[Li]. The normalized spacial score (nSPS) is 12.3. The van der Waals surface area contributed by atoms with Gasteiger partial charge in [0.2, 0.25) is 0 Å². The van der Waals surface area contributed by atoms with Gasteiger partial charge in [-0.25, -0.2) is 0 Å². The summed E-state index contributed by atoms with van der Waals surface area (Å²) in [5, 5.41) is 0.312. The number of halogens is 6. The molecule has 0 saturated heterocycles. The van der Waals surface area contributed by atoms with Crippen LogP contribution < -0.4 is 10.0 Å². The zero-order valence-electron chi connectivity index (χ0n) is 15.9. The Balaban J connectivity index is 0.00000420. The van der Waals surface area contributed by atoms with E-state index in [4.69, 9.17) is 4.74 Å². The number of benzene rings is 2. The summed E-state index contributed by atoms with van der Waals surface area (Å²) in [5.41, 5.74) is -5.74. The molecule has 2 rings (SSSR count). The molecule has 1 unspecified atom stereocenters. The largest absolute Gasteiger partial charge is 0.493 e. The van der Waals surface area contributed by atoms with Crippen molar-refractivity contribution in [2.75, 3.05) is 6.61 Å². The van der Waals surface area contributed by atoms with Crippen molar-refractivity contribution >= 4 is 38.3 Å². The van der Waals surface area contributed by atoms with E-state index in [9.17, 15) is 31.1 Å². The fraction of sp³-hybridized carbons (Fsp3) is 0.316. The van der Waals surface area contributed by atoms with Crippen LogP contribution in [0.25, 0.3) is 0 Å². The molecule has 0 heterocycles. The Morgan fingerprint density at radius 2 is 1.41 bits per heavy atom. The molecule has 0 aromatic heterocycles. The van der Waals surface area contributed by atoms with Gasteiger partial charge in [0.1, 0.15) is 5.75 Å². The zero-order chi connectivity index (χ0) is 21.1. The van der Waals surface area contributed by atoms with Crippen molar-refractivity contribution in [2.45, 2.75) is 26.2 Å². The van der Waals surface area contributed by atoms with E-state index in [-0.39, 0.29) is 24.8 Å². The summed E-state index contributed by atoms with van der Waals surface area (Å²) in [5.74, 6) is 0.782. The van der Waals surface area contributed by atoms with Crippen LogP contribution in [0.15, 0.2) is 42.5 Å². The van der Waals surface area contributed by atoms with Crippen LogP contribution in [0.5, 0.6) is 5.75 Å². The van der Waals surface area contributed by atoms with Crippen LogP contribution >= 0.6 is 8.58 Å². The monoisotopic (exact) mass is 429 g/mol. The van der Waals surface area contributed by atoms with Crippen LogP contribution in [0, 0.1) is 5.92 Å². The minimum atomic E-state index is -5.08. The van der Waals surface area contributed by atoms with E-state index in [1.807, 2.05) is 13.8 Å². The third-order valence-corrected chi connectivity index (χ3v) is 4.70. The first-order valence-corrected chi connectivity index (χ1v) is 9.21. The molecule has 1 radical (unpaired) electrons. The quantitative estimate of drug-likeness (QED) is 0.343. The second kappa shape index (κ2) is 10.0. The molecule has 0 aliphatic carbocycles. The molecule has 0 N–H and O–H groups in total. The molecule has 0 fully saturated rings. The topological polar surface area (TPSA) is 26.3 Å². The predicted octanol–water partition coefficient (Wildman–Crippen LogP) is 5.52. The Kier molecular flexibility index (Phi) is 8.83. The smallest absolute Gasteiger partial charge is 0.417 e. The molecule has 10 heteroatoms. The van der Waals surface area contributed by atoms with Gasteiger partial charge in [0.25, 0.3) is 0 Å². The second-order valence-corrected chi connectivity index (χ2v) is 7.69. The molecule has 0 aliphatic heterocycles. The Bertz CT molecular complexity index is 800. The standard InChI is InChI=1S/C19H17F6O2P.Li/c1-11(2)10-27-12-6-8-13(9-7-12)28-17(26)16-14(18(20,21)22)4-3-5-15(16)19(23,24)25;/h3-9,11,28H,10H2,1-2H3;. The molecule has 29 heavy (non-hydrogen) atoms. The van der Waals surface area contributed by atoms with Gasteiger partial charge in [0.15, 0.2) is 5.52 Å². The maximum Gasteiger partial charge on any atom is 0.417 e. The van der Waals surface area contributed by atoms with Gasteiger partial charge in [0.05, 0.1) is 17.7 Å². The van der Waals surface area contributed by atoms with Crippen molar-refractivity contribution in [2.24, 2.45) is 5.92 Å². The third kappa shape index (κ3) is 7.06. The maximum absolute atomic E-state index is 13.2. The van der Waals surface area contributed by atoms with E-state index in [1.54, 1.807) is 0 Å². The molecule has 0 bridgehead atoms. The predicted molar refractivity (Wildman–Crippen MR) is 101 cm³/mol. The summed E-state index contributed by atoms with van der Waals surface area (Å²) in [6.07, 6.45) is -10.2. The van der Waals surface area contributed by atoms with Crippen molar-refractivity contribution in [3.63, 3.8) is 0 Å². The fourth-order valence-corrected chi connectivity index (χ4v) is 3.35. The summed E-state index contributed by atoms with van der Waals surface area (Å²) in [7, 11) is -0.894. The molecular formula is C19H17F6LiO2P. The third-order valence-electron chi connectivity index (χ3n) is 3.60. The van der Waals surface area contributed by atoms with E-state index >= 15 is 0 Å². The molecule has 0 saturated carbocycles. The molecule has 0 aliphatic rings. The molecule has 1 atom stereocenters. The summed E-state index contributed by atoms with van der Waals surface area (Å²) in [6, 6.07) is 7.57. The number of hydrogen-bond acceptors (Lipinski definition) is 2. The van der Waals surface area contributed by atoms with E-state index in [0.29, 0.717) is 35.9 Å². The first kappa shape index (κ1) is 25.6. The number of ether oxygens (including phenoxy) is 1. The van der Waals surface area contributed by atoms with Crippen LogP contribution in [0.1, 0.15) is 35.3 Å². The Morgan fingerprint density at radius 1 is 0.931 bits per heavy atom. The molecule has 0 amide bonds. The van der Waals surface area contributed by atoms with Gasteiger partial charge in [-0.3, -0.25) is 4.79 Å². The van der Waals surface area contributed by atoms with Crippen molar-refractivity contribution in [3.05, 3.63) is 59.2 Å². The summed E-state index contributed by atoms with van der Waals surface area (Å²) in [4.78, 5) is 12.4. The number of alkyl halides is 6. The zero-order valence-corrected chi connectivity index (χ0v) is 16.9. The van der Waals surface area contributed by atoms with Gasteiger partial charge in [-0.05, 0) is 44.1 Å². The number of hydrogen-bond donors (Lipinski definition) is 0. The summed E-state index contributed by atoms with van der Waals surface area (Å²) >= 11 is 0. The van der Waals surface area contributed by atoms with Crippen molar-refractivity contribution in [1.29, 1.82) is 0 Å². The van der Waals surface area contributed by atoms with Gasteiger partial charge in [0, 0.05) is 24.4 Å². The van der Waals surface area contributed by atoms with Crippen LogP contribution in [0.3, 0.4) is 0 Å². The van der Waals surface area contributed by atoms with Gasteiger partial charge < -0.3 is 4.74 Å². The van der Waals surface area contributed by atoms with Crippen molar-refractivity contribution in [1.82, 2.24) is 0 Å². The van der Waals surface area contributed by atoms with Crippen molar-refractivity contribution < 1.29 is 35.9 Å². The maximum atomic E-state index is 13.2. The van der Waals surface area contributed by atoms with E-state index in [0.717, 1.165) is 0 Å².